The predicted octanol–water partition coefficient (Wildman–Crippen LogP) is 3.41. The molecular weight excluding hydrogens is 354 g/mol. The van der Waals surface area contributed by atoms with Gasteiger partial charge in [-0.15, -0.1) is 0 Å². The van der Waals surface area contributed by atoms with E-state index < -0.39 is 0 Å². The third kappa shape index (κ3) is 3.57. The molecule has 2 aliphatic heterocycles. The Balaban J connectivity index is 1.49. The number of esters is 1. The summed E-state index contributed by atoms with van der Waals surface area (Å²) in [4.78, 5) is 24.0. The normalized spacial score (nSPS) is 20.4. The molecule has 0 spiro atoms. The quantitative estimate of drug-likeness (QED) is 0.769. The molecule has 1 aromatic carbocycles. The Labute approximate surface area is 155 Å². The van der Waals surface area contributed by atoms with Crippen molar-refractivity contribution < 1.29 is 9.53 Å². The van der Waals surface area contributed by atoms with Gasteiger partial charge in [0.15, 0.2) is 5.17 Å². The first-order valence-corrected chi connectivity index (χ1v) is 10.2. The summed E-state index contributed by atoms with van der Waals surface area (Å²) in [7, 11) is 0. The summed E-state index contributed by atoms with van der Waals surface area (Å²) in [6.07, 6.45) is 3.07. The zero-order valence-electron chi connectivity index (χ0n) is 14.0. The van der Waals surface area contributed by atoms with Crippen molar-refractivity contribution in [2.24, 2.45) is 4.99 Å². The van der Waals surface area contributed by atoms with Crippen LogP contribution in [0.15, 0.2) is 35.5 Å². The molecule has 0 N–H and O–H groups in total. The van der Waals surface area contributed by atoms with Gasteiger partial charge in [0.05, 0.1) is 13.0 Å². The maximum absolute atomic E-state index is 11.6. The summed E-state index contributed by atoms with van der Waals surface area (Å²) in [6, 6.07) is 9.16. The molecule has 1 aromatic heterocycles. The number of thioether (sulfide) groups is 1. The molecule has 1 saturated heterocycles. The highest BCUT2D eigenvalue weighted by Gasteiger charge is 2.34. The SMILES string of the molecule is CCOC(=O)Cc1cnc(N=C2SCC3Cc4ccccc4CN23)s1. The molecule has 2 aliphatic rings. The Bertz CT molecular complexity index is 818. The molecule has 2 aromatic rings. The van der Waals surface area contributed by atoms with Gasteiger partial charge in [-0.05, 0) is 24.5 Å². The number of amidine groups is 1. The van der Waals surface area contributed by atoms with Crippen molar-refractivity contribution in [3.8, 4) is 0 Å². The molecular formula is C18H19N3O2S2. The smallest absolute Gasteiger partial charge is 0.311 e. The van der Waals surface area contributed by atoms with E-state index in [1.807, 2.05) is 6.92 Å². The first-order valence-electron chi connectivity index (χ1n) is 8.38. The molecule has 0 bridgehead atoms. The molecule has 1 atom stereocenters. The Hall–Kier alpha value is -1.86. The highest BCUT2D eigenvalue weighted by Crippen LogP contribution is 2.35. The Morgan fingerprint density at radius 1 is 1.40 bits per heavy atom. The van der Waals surface area contributed by atoms with Crippen LogP contribution in [0.5, 0.6) is 0 Å². The third-order valence-electron chi connectivity index (χ3n) is 4.36. The lowest BCUT2D eigenvalue weighted by Crippen LogP contribution is -2.38. The van der Waals surface area contributed by atoms with Gasteiger partial charge in [-0.2, -0.15) is 4.99 Å². The highest BCUT2D eigenvalue weighted by molar-refractivity contribution is 8.14. The van der Waals surface area contributed by atoms with E-state index in [4.69, 9.17) is 9.73 Å². The van der Waals surface area contributed by atoms with Gasteiger partial charge in [0.25, 0.3) is 0 Å². The van der Waals surface area contributed by atoms with E-state index in [0.717, 1.165) is 28.8 Å². The molecule has 0 saturated carbocycles. The molecule has 1 fully saturated rings. The third-order valence-corrected chi connectivity index (χ3v) is 6.39. The zero-order chi connectivity index (χ0) is 17.2. The van der Waals surface area contributed by atoms with Crippen LogP contribution in [0.4, 0.5) is 5.13 Å². The summed E-state index contributed by atoms with van der Waals surface area (Å²) in [5, 5.41) is 1.75. The summed E-state index contributed by atoms with van der Waals surface area (Å²) in [5.41, 5.74) is 2.84. The van der Waals surface area contributed by atoms with Crippen LogP contribution >= 0.6 is 23.1 Å². The van der Waals surface area contributed by atoms with Gasteiger partial charge in [-0.25, -0.2) is 4.98 Å². The van der Waals surface area contributed by atoms with E-state index in [1.54, 1.807) is 18.0 Å². The number of aliphatic imine (C=N–C) groups is 1. The average molecular weight is 374 g/mol. The second kappa shape index (κ2) is 7.17. The molecule has 25 heavy (non-hydrogen) atoms. The van der Waals surface area contributed by atoms with Gasteiger partial charge in [-0.3, -0.25) is 4.79 Å². The minimum absolute atomic E-state index is 0.215. The lowest BCUT2D eigenvalue weighted by Gasteiger charge is -2.32. The monoisotopic (exact) mass is 373 g/mol. The van der Waals surface area contributed by atoms with E-state index in [0.29, 0.717) is 17.8 Å². The van der Waals surface area contributed by atoms with Crippen LogP contribution in [-0.2, 0) is 28.9 Å². The molecule has 5 nitrogen and oxygen atoms in total. The van der Waals surface area contributed by atoms with Gasteiger partial charge >= 0.3 is 5.97 Å². The first-order chi connectivity index (χ1) is 12.2. The lowest BCUT2D eigenvalue weighted by molar-refractivity contribution is -0.142. The van der Waals surface area contributed by atoms with Gasteiger partial charge in [0, 0.05) is 29.4 Å². The largest absolute Gasteiger partial charge is 0.466 e. The summed E-state index contributed by atoms with van der Waals surface area (Å²) in [6.45, 7) is 3.13. The van der Waals surface area contributed by atoms with Crippen molar-refractivity contribution in [3.05, 3.63) is 46.5 Å². The van der Waals surface area contributed by atoms with Crippen LogP contribution in [0.3, 0.4) is 0 Å². The number of benzene rings is 1. The van der Waals surface area contributed by atoms with E-state index in [9.17, 15) is 4.79 Å². The van der Waals surface area contributed by atoms with Crippen LogP contribution in [0.25, 0.3) is 0 Å². The number of hydrogen-bond donors (Lipinski definition) is 0. The van der Waals surface area contributed by atoms with Crippen LogP contribution in [0.2, 0.25) is 0 Å². The van der Waals surface area contributed by atoms with Crippen LogP contribution in [-0.4, -0.2) is 39.4 Å². The van der Waals surface area contributed by atoms with Crippen LogP contribution in [0, 0.1) is 0 Å². The first kappa shape index (κ1) is 16.6. The van der Waals surface area contributed by atoms with Crippen LogP contribution < -0.4 is 0 Å². The number of nitrogens with zero attached hydrogens (tertiary/aromatic N) is 3. The summed E-state index contributed by atoms with van der Waals surface area (Å²) < 4.78 is 4.98. The van der Waals surface area contributed by atoms with Crippen molar-refractivity contribution >= 4 is 39.4 Å². The van der Waals surface area contributed by atoms with Crippen molar-refractivity contribution in [3.63, 3.8) is 0 Å². The number of fused-ring (bicyclic) bond motifs is 2. The molecule has 0 amide bonds. The van der Waals surface area contributed by atoms with Gasteiger partial charge < -0.3 is 9.64 Å². The fourth-order valence-corrected chi connectivity index (χ4v) is 5.17. The zero-order valence-corrected chi connectivity index (χ0v) is 15.6. The van der Waals surface area contributed by atoms with Crippen molar-refractivity contribution in [1.82, 2.24) is 9.88 Å². The number of thiazole rings is 1. The number of ether oxygens (including phenoxy) is 1. The second-order valence-corrected chi connectivity index (χ2v) is 8.13. The molecule has 0 aliphatic carbocycles. The van der Waals surface area contributed by atoms with Crippen molar-refractivity contribution in [2.45, 2.75) is 32.4 Å². The minimum Gasteiger partial charge on any atom is -0.466 e. The number of carbonyl (C=O) groups is 1. The number of rotatable bonds is 4. The molecule has 0 radical (unpaired) electrons. The van der Waals surface area contributed by atoms with Gasteiger partial charge in [0.2, 0.25) is 5.13 Å². The highest BCUT2D eigenvalue weighted by atomic mass is 32.2. The fourth-order valence-electron chi connectivity index (χ4n) is 3.18. The van der Waals surface area contributed by atoms with E-state index in [2.05, 4.69) is 34.1 Å². The van der Waals surface area contributed by atoms with E-state index >= 15 is 0 Å². The number of carbonyl (C=O) groups excluding carboxylic acids is 1. The molecule has 7 heteroatoms. The van der Waals surface area contributed by atoms with Gasteiger partial charge in [-0.1, -0.05) is 47.4 Å². The maximum Gasteiger partial charge on any atom is 0.311 e. The Morgan fingerprint density at radius 2 is 2.24 bits per heavy atom. The molecule has 4 rings (SSSR count). The van der Waals surface area contributed by atoms with E-state index in [1.165, 1.54) is 22.5 Å². The molecule has 3 heterocycles. The van der Waals surface area contributed by atoms with Crippen molar-refractivity contribution in [1.29, 1.82) is 0 Å². The summed E-state index contributed by atoms with van der Waals surface area (Å²) in [5.74, 6) is 0.849. The van der Waals surface area contributed by atoms with Gasteiger partial charge in [0.1, 0.15) is 0 Å². The standard InChI is InChI=1S/C18H19N3O2S2/c1-2-23-16(22)8-15-9-19-17(25-15)20-18-21-10-13-6-4-3-5-12(13)7-14(21)11-24-18/h3-6,9,14H,2,7-8,10-11H2,1H3. The molecule has 1 unspecified atom stereocenters. The Morgan fingerprint density at radius 3 is 3.08 bits per heavy atom. The van der Waals surface area contributed by atoms with E-state index in [-0.39, 0.29) is 12.4 Å². The number of hydrogen-bond acceptors (Lipinski definition) is 6. The second-order valence-electron chi connectivity index (χ2n) is 6.05. The predicted molar refractivity (Wildman–Crippen MR) is 101 cm³/mol. The topological polar surface area (TPSA) is 54.8 Å². The molecule has 130 valence electrons. The fraction of sp³-hybridized carbons (Fsp3) is 0.389. The number of aromatic nitrogens is 1. The van der Waals surface area contributed by atoms with Crippen molar-refractivity contribution in [2.75, 3.05) is 12.4 Å². The van der Waals surface area contributed by atoms with Crippen LogP contribution in [0.1, 0.15) is 22.9 Å². The average Bonchev–Trinajstić information content (AvgIpc) is 3.20. The lowest BCUT2D eigenvalue weighted by atomic mass is 9.95. The summed E-state index contributed by atoms with van der Waals surface area (Å²) >= 11 is 3.25. The Kier molecular flexibility index (Phi) is 4.76. The maximum atomic E-state index is 11.6. The minimum atomic E-state index is -0.215.